The molecule has 1 aromatic carbocycles. The average molecular weight is 1190 g/mol. The molecule has 0 heterocycles. The van der Waals surface area contributed by atoms with Gasteiger partial charge in [-0.25, -0.2) is 4.79 Å². The SMILES string of the molecule is CN(C)C(=O)[C@H](CC(=O)OC(C)(C)C)N(C)C(=O)[C@H](C1CCCC1)N(C)C(=O)C1(NC(=O)C(F)(F)F)CCCC1.CN(C)C(=O)[C@H](CC(=O)OC(C)(C)C)N(C)C(=O)[C@H](C1CCCC1)N(C)C(=O)C1(NC(=O)OCc2ccccc2)CCCC1. The van der Waals surface area contributed by atoms with Gasteiger partial charge in [0.1, 0.15) is 53.1 Å². The number of alkyl carbamates (subject to hydrolysis) is 1. The van der Waals surface area contributed by atoms with Crippen LogP contribution in [0.2, 0.25) is 0 Å². The molecule has 4 atom stereocenters. The predicted octanol–water partition coefficient (Wildman–Crippen LogP) is 6.53. The maximum absolute atomic E-state index is 14.3. The highest BCUT2D eigenvalue weighted by Crippen LogP contribution is 2.39. The summed E-state index contributed by atoms with van der Waals surface area (Å²) in [4.78, 5) is 141. The molecule has 0 bridgehead atoms. The molecular formula is C60H93F3N8O13. The zero-order valence-electron chi connectivity index (χ0n) is 51.9. The summed E-state index contributed by atoms with van der Waals surface area (Å²) in [5.74, 6) is -7.01. The molecule has 0 aliphatic heterocycles. The Hall–Kier alpha value is -6.49. The summed E-state index contributed by atoms with van der Waals surface area (Å²) in [5.41, 5.74) is -3.73. The number of rotatable bonds is 20. The molecule has 0 spiro atoms. The smallest absolute Gasteiger partial charge is 0.460 e. The molecule has 5 rings (SSSR count). The van der Waals surface area contributed by atoms with Gasteiger partial charge in [-0.05, 0) is 110 Å². The Morgan fingerprint density at radius 3 is 1.18 bits per heavy atom. The molecule has 84 heavy (non-hydrogen) atoms. The van der Waals surface area contributed by atoms with E-state index in [-0.39, 0.29) is 43.6 Å². The summed E-state index contributed by atoms with van der Waals surface area (Å²) < 4.78 is 55.7. The van der Waals surface area contributed by atoms with E-state index in [1.54, 1.807) is 62.7 Å². The number of amides is 8. The number of likely N-dealkylation sites (N-methyl/N-ethyl adjacent to an activating group) is 6. The number of alkyl halides is 3. The van der Waals surface area contributed by atoms with Crippen molar-refractivity contribution in [1.29, 1.82) is 0 Å². The van der Waals surface area contributed by atoms with Crippen LogP contribution in [0.25, 0.3) is 0 Å². The van der Waals surface area contributed by atoms with E-state index in [4.69, 9.17) is 14.2 Å². The lowest BCUT2D eigenvalue weighted by Crippen LogP contribution is -2.64. The Balaban J connectivity index is 0.000000362. The van der Waals surface area contributed by atoms with Gasteiger partial charge >= 0.3 is 30.1 Å². The van der Waals surface area contributed by atoms with Crippen LogP contribution >= 0.6 is 0 Å². The van der Waals surface area contributed by atoms with Crippen LogP contribution in [0.3, 0.4) is 0 Å². The van der Waals surface area contributed by atoms with Crippen LogP contribution in [0.5, 0.6) is 0 Å². The second-order valence-electron chi connectivity index (χ2n) is 25.5. The van der Waals surface area contributed by atoms with E-state index >= 15 is 0 Å². The van der Waals surface area contributed by atoms with E-state index in [0.717, 1.165) is 66.7 Å². The first kappa shape index (κ1) is 70.0. The largest absolute Gasteiger partial charge is 0.471 e. The monoisotopic (exact) mass is 1190 g/mol. The lowest BCUT2D eigenvalue weighted by molar-refractivity contribution is -0.177. The van der Waals surface area contributed by atoms with Crippen molar-refractivity contribution in [2.75, 3.05) is 56.4 Å². The fourth-order valence-electron chi connectivity index (χ4n) is 12.0. The van der Waals surface area contributed by atoms with Crippen LogP contribution in [0.4, 0.5) is 18.0 Å². The molecule has 4 fully saturated rings. The fraction of sp³-hybridized carbons (Fsp3) is 0.733. The Kier molecular flexibility index (Phi) is 24.6. The van der Waals surface area contributed by atoms with E-state index < -0.39 is 113 Å². The van der Waals surface area contributed by atoms with Gasteiger partial charge in [-0.2, -0.15) is 13.2 Å². The van der Waals surface area contributed by atoms with Crippen molar-refractivity contribution in [2.24, 2.45) is 11.8 Å². The van der Waals surface area contributed by atoms with Crippen LogP contribution in [0.1, 0.15) is 163 Å². The van der Waals surface area contributed by atoms with E-state index in [9.17, 15) is 61.1 Å². The molecule has 0 unspecified atom stereocenters. The van der Waals surface area contributed by atoms with Crippen LogP contribution < -0.4 is 10.6 Å². The first-order valence-electron chi connectivity index (χ1n) is 29.3. The van der Waals surface area contributed by atoms with E-state index in [0.29, 0.717) is 38.5 Å². The molecule has 472 valence electrons. The Morgan fingerprint density at radius 1 is 0.512 bits per heavy atom. The van der Waals surface area contributed by atoms with Crippen molar-refractivity contribution < 1.29 is 75.3 Å². The lowest BCUT2D eigenvalue weighted by Gasteiger charge is -2.41. The van der Waals surface area contributed by atoms with Crippen LogP contribution in [-0.2, 0) is 64.0 Å². The first-order chi connectivity index (χ1) is 39.0. The zero-order valence-corrected chi connectivity index (χ0v) is 51.9. The average Bonchev–Trinajstić information content (AvgIpc) is 2.46. The van der Waals surface area contributed by atoms with Gasteiger partial charge in [-0.3, -0.25) is 43.2 Å². The van der Waals surface area contributed by atoms with Gasteiger partial charge in [0, 0.05) is 56.4 Å². The fourth-order valence-corrected chi connectivity index (χ4v) is 12.0. The second kappa shape index (κ2) is 29.5. The molecule has 21 nitrogen and oxygen atoms in total. The Bertz CT molecular complexity index is 2470. The number of hydrogen-bond acceptors (Lipinski definition) is 13. The third kappa shape index (κ3) is 19.0. The Labute approximate surface area is 493 Å². The number of carbonyl (C=O) groups is 10. The highest BCUT2D eigenvalue weighted by Gasteiger charge is 2.53. The van der Waals surface area contributed by atoms with Crippen molar-refractivity contribution in [3.05, 3.63) is 35.9 Å². The molecule has 0 radical (unpaired) electrons. The van der Waals surface area contributed by atoms with Crippen molar-refractivity contribution in [3.8, 4) is 0 Å². The van der Waals surface area contributed by atoms with E-state index in [2.05, 4.69) is 5.32 Å². The minimum atomic E-state index is -5.17. The molecule has 2 N–H and O–H groups in total. The minimum absolute atomic E-state index is 0.0137. The molecule has 8 amide bonds. The summed E-state index contributed by atoms with van der Waals surface area (Å²) in [7, 11) is 11.9. The summed E-state index contributed by atoms with van der Waals surface area (Å²) in [5, 5.41) is 4.79. The zero-order chi connectivity index (χ0) is 63.3. The number of hydrogen-bond donors (Lipinski definition) is 2. The summed E-state index contributed by atoms with van der Waals surface area (Å²) in [6, 6.07) is 4.99. The number of benzene rings is 1. The maximum atomic E-state index is 14.3. The molecule has 4 aliphatic rings. The van der Waals surface area contributed by atoms with Crippen LogP contribution in [0, 0.1) is 11.8 Å². The van der Waals surface area contributed by atoms with Crippen molar-refractivity contribution in [3.63, 3.8) is 0 Å². The van der Waals surface area contributed by atoms with Gasteiger partial charge in [0.05, 0.1) is 12.8 Å². The quantitative estimate of drug-likeness (QED) is 0.104. The standard InChI is InChI=1S/C33H50N4O7.C27H43F3N4O6/c1-32(2,3)44-26(38)21-25(28(39)35(4)5)36(6)29(40)27(24-17-11-12-18-24)37(7)30(41)33(19-13-14-20-33)34-31(42)43-22-23-15-9-8-10-16-23;1-25(2,3)40-19(35)16-18(21(36)32(4)5)33(6)22(37)20(17-12-8-9-13-17)34(7)24(39)26(14-10-11-15-26)31-23(38)27(28,29)30/h8-10,15-16,24-25,27H,11-14,17-22H2,1-7H3,(H,34,42);17-18,20H,8-16H2,1-7H3,(H,31,38)/t25-,27-;18-,20-/m00/s1. The number of nitrogens with zero attached hydrogens (tertiary/aromatic N) is 6. The number of halogens is 3. The second-order valence-corrected chi connectivity index (χ2v) is 25.5. The van der Waals surface area contributed by atoms with Gasteiger partial charge in [0.15, 0.2) is 0 Å². The van der Waals surface area contributed by atoms with Crippen molar-refractivity contribution >= 4 is 59.4 Å². The molecule has 0 saturated heterocycles. The molecule has 4 saturated carbocycles. The number of ether oxygens (including phenoxy) is 3. The summed E-state index contributed by atoms with van der Waals surface area (Å²) in [6.45, 7) is 10.3. The summed E-state index contributed by atoms with van der Waals surface area (Å²) in [6.07, 6.45) is 2.81. The first-order valence-corrected chi connectivity index (χ1v) is 29.3. The number of esters is 2. The van der Waals surface area contributed by atoms with Gasteiger partial charge in [0.2, 0.25) is 35.4 Å². The highest BCUT2D eigenvalue weighted by molar-refractivity contribution is 5.99. The third-order valence-corrected chi connectivity index (χ3v) is 16.2. The van der Waals surface area contributed by atoms with Gasteiger partial charge < -0.3 is 54.2 Å². The molecule has 1 aromatic rings. The van der Waals surface area contributed by atoms with Gasteiger partial charge in [-0.15, -0.1) is 0 Å². The third-order valence-electron chi connectivity index (χ3n) is 16.2. The molecule has 24 heteroatoms. The molecular weight excluding hydrogens is 1100 g/mol. The van der Waals surface area contributed by atoms with Gasteiger partial charge in [-0.1, -0.05) is 81.7 Å². The van der Waals surface area contributed by atoms with Crippen LogP contribution in [0.15, 0.2) is 30.3 Å². The lowest BCUT2D eigenvalue weighted by atomic mass is 9.90. The highest BCUT2D eigenvalue weighted by atomic mass is 19.4. The topological polar surface area (TPSA) is 242 Å². The number of nitrogens with one attached hydrogen (secondary N) is 2. The van der Waals surface area contributed by atoms with Crippen LogP contribution in [-0.4, -0.2) is 198 Å². The normalized spacial score (nSPS) is 18.3. The number of carbonyl (C=O) groups excluding carboxylic acids is 10. The van der Waals surface area contributed by atoms with Crippen molar-refractivity contribution in [1.82, 2.24) is 40.0 Å². The van der Waals surface area contributed by atoms with Crippen molar-refractivity contribution in [2.45, 2.75) is 216 Å². The Morgan fingerprint density at radius 2 is 0.857 bits per heavy atom. The van der Waals surface area contributed by atoms with Gasteiger partial charge in [0.25, 0.3) is 0 Å². The summed E-state index contributed by atoms with van der Waals surface area (Å²) >= 11 is 0. The van der Waals surface area contributed by atoms with E-state index in [1.807, 2.05) is 35.6 Å². The van der Waals surface area contributed by atoms with E-state index in [1.165, 1.54) is 54.8 Å². The maximum Gasteiger partial charge on any atom is 0.471 e. The minimum Gasteiger partial charge on any atom is -0.460 e. The molecule has 0 aromatic heterocycles. The predicted molar refractivity (Wildman–Crippen MR) is 305 cm³/mol. The molecule has 4 aliphatic carbocycles.